The van der Waals surface area contributed by atoms with Crippen molar-refractivity contribution in [3.05, 3.63) is 64.7 Å². The Balaban J connectivity index is 0.00000208. The normalized spacial score (nSPS) is 17.0. The van der Waals surface area contributed by atoms with Gasteiger partial charge in [0.25, 0.3) is 0 Å². The highest BCUT2D eigenvalue weighted by molar-refractivity contribution is 6.30. The number of aromatic nitrogens is 1. The second-order valence-corrected chi connectivity index (χ2v) is 6.56. The molecule has 0 amide bonds. The summed E-state index contributed by atoms with van der Waals surface area (Å²) in [6, 6.07) is 8.75. The van der Waals surface area contributed by atoms with Crippen LogP contribution in [0.15, 0.2) is 42.7 Å². The van der Waals surface area contributed by atoms with E-state index in [4.69, 9.17) is 11.6 Å². The second-order valence-electron chi connectivity index (χ2n) is 6.13. The number of pyridine rings is 1. The highest BCUT2D eigenvalue weighted by Crippen LogP contribution is 2.20. The van der Waals surface area contributed by atoms with E-state index in [9.17, 15) is 4.39 Å². The third kappa shape index (κ3) is 5.42. The molecule has 1 saturated heterocycles. The smallest absolute Gasteiger partial charge is 0.127 e. The molecule has 1 aliphatic heterocycles. The van der Waals surface area contributed by atoms with Gasteiger partial charge in [-0.25, -0.2) is 4.39 Å². The molecule has 1 atom stereocenters. The molecule has 0 saturated carbocycles. The van der Waals surface area contributed by atoms with Crippen molar-refractivity contribution >= 4 is 24.0 Å². The number of nitrogens with one attached hydrogen (secondary N) is 1. The molecule has 1 fully saturated rings. The van der Waals surface area contributed by atoms with Crippen molar-refractivity contribution in [1.29, 1.82) is 0 Å². The Bertz CT molecular complexity index is 633. The molecule has 1 aliphatic rings. The van der Waals surface area contributed by atoms with Crippen LogP contribution in [0, 0.1) is 11.7 Å². The van der Waals surface area contributed by atoms with Crippen molar-refractivity contribution < 1.29 is 4.39 Å². The van der Waals surface area contributed by atoms with Gasteiger partial charge < -0.3 is 5.32 Å². The molecule has 130 valence electrons. The van der Waals surface area contributed by atoms with Crippen LogP contribution in [-0.4, -0.2) is 29.5 Å². The molecule has 2 aromatic rings. The van der Waals surface area contributed by atoms with Crippen molar-refractivity contribution in [1.82, 2.24) is 15.2 Å². The SMILES string of the molecule is Cl.Fc1ccc(Cl)cc1CN(Cc1cccnc1)CC1CCNC1. The number of hydrogen-bond donors (Lipinski definition) is 1. The summed E-state index contributed by atoms with van der Waals surface area (Å²) in [6.07, 6.45) is 4.81. The first-order valence-electron chi connectivity index (χ1n) is 7.96. The Morgan fingerprint density at radius 3 is 2.88 bits per heavy atom. The molecule has 0 aliphatic carbocycles. The quantitative estimate of drug-likeness (QED) is 0.836. The van der Waals surface area contributed by atoms with Gasteiger partial charge in [-0.3, -0.25) is 9.88 Å². The molecule has 3 rings (SSSR count). The summed E-state index contributed by atoms with van der Waals surface area (Å²) < 4.78 is 14.1. The Labute approximate surface area is 153 Å². The van der Waals surface area contributed by atoms with Gasteiger partial charge in [-0.05, 0) is 55.3 Å². The van der Waals surface area contributed by atoms with E-state index in [0.717, 1.165) is 31.7 Å². The van der Waals surface area contributed by atoms with Crippen LogP contribution in [0.4, 0.5) is 4.39 Å². The molecule has 1 aromatic heterocycles. The summed E-state index contributed by atoms with van der Waals surface area (Å²) >= 11 is 6.03. The maximum absolute atomic E-state index is 14.1. The molecular weight excluding hydrogens is 348 g/mol. The molecule has 1 aromatic carbocycles. The monoisotopic (exact) mass is 369 g/mol. The molecule has 1 unspecified atom stereocenters. The van der Waals surface area contributed by atoms with Gasteiger partial charge in [-0.15, -0.1) is 12.4 Å². The van der Waals surface area contributed by atoms with Gasteiger partial charge in [0.15, 0.2) is 0 Å². The first-order chi connectivity index (χ1) is 11.2. The van der Waals surface area contributed by atoms with Gasteiger partial charge >= 0.3 is 0 Å². The van der Waals surface area contributed by atoms with E-state index < -0.39 is 0 Å². The molecule has 3 nitrogen and oxygen atoms in total. The lowest BCUT2D eigenvalue weighted by molar-refractivity contribution is 0.218. The lowest BCUT2D eigenvalue weighted by Crippen LogP contribution is -2.30. The first-order valence-corrected chi connectivity index (χ1v) is 8.34. The lowest BCUT2D eigenvalue weighted by Gasteiger charge is -2.25. The molecule has 2 heterocycles. The summed E-state index contributed by atoms with van der Waals surface area (Å²) in [4.78, 5) is 6.46. The summed E-state index contributed by atoms with van der Waals surface area (Å²) in [5, 5.41) is 3.97. The predicted octanol–water partition coefficient (Wildman–Crippen LogP) is 3.91. The number of nitrogens with zero attached hydrogens (tertiary/aromatic N) is 2. The fourth-order valence-electron chi connectivity index (χ4n) is 3.08. The lowest BCUT2D eigenvalue weighted by atomic mass is 10.1. The van der Waals surface area contributed by atoms with Crippen LogP contribution in [0.3, 0.4) is 0 Å². The molecular formula is C18H22Cl2FN3. The first kappa shape index (κ1) is 19.1. The summed E-state index contributed by atoms with van der Waals surface area (Å²) in [7, 11) is 0. The minimum atomic E-state index is -0.199. The van der Waals surface area contributed by atoms with Crippen LogP contribution < -0.4 is 5.32 Å². The third-order valence-electron chi connectivity index (χ3n) is 4.21. The van der Waals surface area contributed by atoms with Gasteiger partial charge in [0, 0.05) is 42.6 Å². The van der Waals surface area contributed by atoms with E-state index in [1.165, 1.54) is 12.5 Å². The Hall–Kier alpha value is -1.20. The molecule has 6 heteroatoms. The zero-order chi connectivity index (χ0) is 16.1. The molecule has 24 heavy (non-hydrogen) atoms. The van der Waals surface area contributed by atoms with Gasteiger partial charge in [0.2, 0.25) is 0 Å². The standard InChI is InChI=1S/C18H21ClFN3.ClH/c19-17-3-4-18(20)16(8-17)13-23(12-15-5-7-22-10-15)11-14-2-1-6-21-9-14;/h1-4,6,8-9,15,22H,5,7,10-13H2;1H. The zero-order valence-corrected chi connectivity index (χ0v) is 15.0. The average Bonchev–Trinajstić information content (AvgIpc) is 3.05. The number of rotatable bonds is 6. The molecule has 0 spiro atoms. The van der Waals surface area contributed by atoms with Gasteiger partial charge in [-0.2, -0.15) is 0 Å². The van der Waals surface area contributed by atoms with Crippen LogP contribution in [0.5, 0.6) is 0 Å². The predicted molar refractivity (Wildman–Crippen MR) is 98.0 cm³/mol. The number of benzene rings is 1. The highest BCUT2D eigenvalue weighted by atomic mass is 35.5. The van der Waals surface area contributed by atoms with Crippen LogP contribution in [0.2, 0.25) is 5.02 Å². The van der Waals surface area contributed by atoms with Gasteiger partial charge in [0.1, 0.15) is 5.82 Å². The molecule has 0 bridgehead atoms. The summed E-state index contributed by atoms with van der Waals surface area (Å²) in [6.45, 7) is 4.35. The van der Waals surface area contributed by atoms with E-state index in [-0.39, 0.29) is 18.2 Å². The van der Waals surface area contributed by atoms with Gasteiger partial charge in [-0.1, -0.05) is 17.7 Å². The molecule has 1 N–H and O–H groups in total. The van der Waals surface area contributed by atoms with Crippen molar-refractivity contribution in [2.45, 2.75) is 19.5 Å². The van der Waals surface area contributed by atoms with Crippen LogP contribution in [0.1, 0.15) is 17.5 Å². The van der Waals surface area contributed by atoms with E-state index in [2.05, 4.69) is 21.3 Å². The fraction of sp³-hybridized carbons (Fsp3) is 0.389. The maximum Gasteiger partial charge on any atom is 0.127 e. The average molecular weight is 370 g/mol. The third-order valence-corrected chi connectivity index (χ3v) is 4.44. The minimum absolute atomic E-state index is 0. The number of hydrogen-bond acceptors (Lipinski definition) is 3. The highest BCUT2D eigenvalue weighted by Gasteiger charge is 2.19. The Kier molecular flexibility index (Phi) is 7.43. The van der Waals surface area contributed by atoms with Crippen LogP contribution >= 0.6 is 24.0 Å². The minimum Gasteiger partial charge on any atom is -0.316 e. The van der Waals surface area contributed by atoms with Crippen molar-refractivity contribution in [2.24, 2.45) is 5.92 Å². The van der Waals surface area contributed by atoms with Gasteiger partial charge in [0.05, 0.1) is 0 Å². The van der Waals surface area contributed by atoms with Crippen molar-refractivity contribution in [3.8, 4) is 0 Å². The van der Waals surface area contributed by atoms with E-state index >= 15 is 0 Å². The maximum atomic E-state index is 14.1. The summed E-state index contributed by atoms with van der Waals surface area (Å²) in [5.41, 5.74) is 1.79. The largest absolute Gasteiger partial charge is 0.316 e. The summed E-state index contributed by atoms with van der Waals surface area (Å²) in [5.74, 6) is 0.407. The van der Waals surface area contributed by atoms with Crippen LogP contribution in [0.25, 0.3) is 0 Å². The number of halogens is 3. The van der Waals surface area contributed by atoms with E-state index in [0.29, 0.717) is 23.0 Å². The van der Waals surface area contributed by atoms with Crippen molar-refractivity contribution in [2.75, 3.05) is 19.6 Å². The Morgan fingerprint density at radius 1 is 1.29 bits per heavy atom. The van der Waals surface area contributed by atoms with Crippen LogP contribution in [-0.2, 0) is 13.1 Å². The fourth-order valence-corrected chi connectivity index (χ4v) is 3.27. The molecule has 0 radical (unpaired) electrons. The van der Waals surface area contributed by atoms with E-state index in [1.54, 1.807) is 18.3 Å². The Morgan fingerprint density at radius 2 is 2.17 bits per heavy atom. The van der Waals surface area contributed by atoms with E-state index in [1.807, 2.05) is 12.3 Å². The second kappa shape index (κ2) is 9.33. The van der Waals surface area contributed by atoms with Crippen molar-refractivity contribution in [3.63, 3.8) is 0 Å². The topological polar surface area (TPSA) is 28.2 Å². The zero-order valence-electron chi connectivity index (χ0n) is 13.4.